The van der Waals surface area contributed by atoms with Gasteiger partial charge in [-0.05, 0) is 47.5 Å². The lowest BCUT2D eigenvalue weighted by atomic mass is 10.3. The van der Waals surface area contributed by atoms with Crippen LogP contribution in [0.2, 0.25) is 10.6 Å². The lowest BCUT2D eigenvalue weighted by molar-refractivity contribution is 0.439. The standard InChI is InChI=1S/C10H7Cl2N3O3S/c1-19(16,17)7-4-2-6(3-5-7)18-10-14-8(11)13-9(12)15-10/h2-5H,1H3. The molecule has 1 heterocycles. The molecule has 0 atom stereocenters. The molecule has 100 valence electrons. The first-order valence-corrected chi connectivity index (χ1v) is 7.54. The number of aromatic nitrogens is 3. The van der Waals surface area contributed by atoms with Gasteiger partial charge >= 0.3 is 6.01 Å². The number of hydrogen-bond acceptors (Lipinski definition) is 6. The summed E-state index contributed by atoms with van der Waals surface area (Å²) in [6.07, 6.45) is 1.12. The highest BCUT2D eigenvalue weighted by atomic mass is 35.5. The molecule has 19 heavy (non-hydrogen) atoms. The maximum Gasteiger partial charge on any atom is 0.327 e. The minimum absolute atomic E-state index is 0.0721. The summed E-state index contributed by atoms with van der Waals surface area (Å²) in [5.41, 5.74) is 0. The molecule has 0 spiro atoms. The van der Waals surface area contributed by atoms with Crippen LogP contribution in [0.4, 0.5) is 0 Å². The zero-order chi connectivity index (χ0) is 14.0. The lowest BCUT2D eigenvalue weighted by Gasteiger charge is -2.04. The Kier molecular flexibility index (Phi) is 3.88. The first-order valence-electron chi connectivity index (χ1n) is 4.89. The molecular formula is C10H7Cl2N3O3S. The molecule has 2 rings (SSSR count). The van der Waals surface area contributed by atoms with Crippen molar-refractivity contribution in [1.82, 2.24) is 15.0 Å². The number of nitrogens with zero attached hydrogens (tertiary/aromatic N) is 3. The van der Waals surface area contributed by atoms with Crippen LogP contribution in [0.1, 0.15) is 0 Å². The Hall–Kier alpha value is -1.44. The molecule has 0 unspecified atom stereocenters. The number of benzene rings is 1. The summed E-state index contributed by atoms with van der Waals surface area (Å²) in [5, 5.41) is -0.189. The van der Waals surface area contributed by atoms with Gasteiger partial charge in [0.2, 0.25) is 10.6 Å². The van der Waals surface area contributed by atoms with Gasteiger partial charge < -0.3 is 4.74 Å². The SMILES string of the molecule is CS(=O)(=O)c1ccc(Oc2nc(Cl)nc(Cl)n2)cc1. The van der Waals surface area contributed by atoms with E-state index in [1.165, 1.54) is 24.3 Å². The highest BCUT2D eigenvalue weighted by molar-refractivity contribution is 7.90. The van der Waals surface area contributed by atoms with Gasteiger partial charge in [-0.1, -0.05) is 0 Å². The first-order chi connectivity index (χ1) is 8.84. The van der Waals surface area contributed by atoms with Gasteiger partial charge in [0.25, 0.3) is 0 Å². The van der Waals surface area contributed by atoms with E-state index in [0.29, 0.717) is 5.75 Å². The zero-order valence-corrected chi connectivity index (χ0v) is 11.9. The van der Waals surface area contributed by atoms with Crippen molar-refractivity contribution in [2.75, 3.05) is 6.26 Å². The predicted molar refractivity (Wildman–Crippen MR) is 69.5 cm³/mol. The molecular weight excluding hydrogens is 313 g/mol. The third kappa shape index (κ3) is 3.76. The molecule has 6 nitrogen and oxygen atoms in total. The van der Waals surface area contributed by atoms with Crippen molar-refractivity contribution < 1.29 is 13.2 Å². The summed E-state index contributed by atoms with van der Waals surface area (Å²) in [4.78, 5) is 11.2. The number of ether oxygens (including phenoxy) is 1. The summed E-state index contributed by atoms with van der Waals surface area (Å²) >= 11 is 11.2. The average molecular weight is 320 g/mol. The van der Waals surface area contributed by atoms with Crippen LogP contribution in [0.5, 0.6) is 11.8 Å². The first kappa shape index (κ1) is 14.0. The van der Waals surface area contributed by atoms with E-state index in [4.69, 9.17) is 27.9 Å². The second-order valence-corrected chi connectivity index (χ2v) is 6.19. The molecule has 0 saturated heterocycles. The molecule has 0 radical (unpaired) electrons. The molecule has 9 heteroatoms. The molecule has 0 bridgehead atoms. The molecule has 1 aromatic carbocycles. The summed E-state index contributed by atoms with van der Waals surface area (Å²) in [5.74, 6) is 0.353. The number of hydrogen-bond donors (Lipinski definition) is 0. The second-order valence-electron chi connectivity index (χ2n) is 3.50. The van der Waals surface area contributed by atoms with E-state index in [0.717, 1.165) is 6.26 Å². The molecule has 0 aliphatic rings. The van der Waals surface area contributed by atoms with Gasteiger partial charge in [0.1, 0.15) is 5.75 Å². The topological polar surface area (TPSA) is 82.0 Å². The Morgan fingerprint density at radius 2 is 1.53 bits per heavy atom. The molecule has 0 N–H and O–H groups in total. The Bertz CT molecular complexity index is 684. The van der Waals surface area contributed by atoms with Crippen molar-refractivity contribution in [2.45, 2.75) is 4.90 Å². The fourth-order valence-electron chi connectivity index (χ4n) is 1.21. The van der Waals surface area contributed by atoms with E-state index in [-0.39, 0.29) is 21.5 Å². The Morgan fingerprint density at radius 3 is 2.00 bits per heavy atom. The van der Waals surface area contributed by atoms with Crippen molar-refractivity contribution in [3.05, 3.63) is 34.8 Å². The van der Waals surface area contributed by atoms with Crippen LogP contribution in [-0.2, 0) is 9.84 Å². The Balaban J connectivity index is 2.24. The normalized spacial score (nSPS) is 11.3. The van der Waals surface area contributed by atoms with Crippen molar-refractivity contribution in [2.24, 2.45) is 0 Å². The second kappa shape index (κ2) is 5.28. The van der Waals surface area contributed by atoms with Crippen molar-refractivity contribution >= 4 is 33.0 Å². The van der Waals surface area contributed by atoms with Crippen molar-refractivity contribution in [1.29, 1.82) is 0 Å². The van der Waals surface area contributed by atoms with Crippen LogP contribution in [0.3, 0.4) is 0 Å². The molecule has 0 aliphatic carbocycles. The highest BCUT2D eigenvalue weighted by Gasteiger charge is 2.09. The van der Waals surface area contributed by atoms with Gasteiger partial charge in [-0.25, -0.2) is 8.42 Å². The van der Waals surface area contributed by atoms with Crippen LogP contribution in [-0.4, -0.2) is 29.6 Å². The van der Waals surface area contributed by atoms with E-state index in [1.54, 1.807) is 0 Å². The fourth-order valence-corrected chi connectivity index (χ4v) is 2.19. The largest absolute Gasteiger partial charge is 0.424 e. The lowest BCUT2D eigenvalue weighted by Crippen LogP contribution is -1.98. The van der Waals surface area contributed by atoms with Crippen LogP contribution >= 0.6 is 23.2 Å². The van der Waals surface area contributed by atoms with Gasteiger partial charge in [-0.2, -0.15) is 15.0 Å². The minimum atomic E-state index is -3.24. The van der Waals surface area contributed by atoms with Crippen molar-refractivity contribution in [3.63, 3.8) is 0 Å². The van der Waals surface area contributed by atoms with Crippen LogP contribution in [0.15, 0.2) is 29.2 Å². The summed E-state index contributed by atoms with van der Waals surface area (Å²) in [6, 6.07) is 5.70. The highest BCUT2D eigenvalue weighted by Crippen LogP contribution is 2.21. The number of halogens is 2. The van der Waals surface area contributed by atoms with E-state index >= 15 is 0 Å². The Labute approximate surface area is 119 Å². The van der Waals surface area contributed by atoms with E-state index in [1.807, 2.05) is 0 Å². The van der Waals surface area contributed by atoms with Crippen molar-refractivity contribution in [3.8, 4) is 11.8 Å². The van der Waals surface area contributed by atoms with Gasteiger partial charge in [0, 0.05) is 6.26 Å². The third-order valence-electron chi connectivity index (χ3n) is 2.02. The Morgan fingerprint density at radius 1 is 1.00 bits per heavy atom. The monoisotopic (exact) mass is 319 g/mol. The molecule has 0 aliphatic heterocycles. The maximum absolute atomic E-state index is 11.3. The minimum Gasteiger partial charge on any atom is -0.424 e. The molecule has 1 aromatic heterocycles. The molecule has 0 fully saturated rings. The molecule has 0 amide bonds. The van der Waals surface area contributed by atoms with Crippen LogP contribution < -0.4 is 4.74 Å². The van der Waals surface area contributed by atoms with E-state index < -0.39 is 9.84 Å². The average Bonchev–Trinajstić information content (AvgIpc) is 2.26. The molecule has 2 aromatic rings. The van der Waals surface area contributed by atoms with E-state index in [2.05, 4.69) is 15.0 Å². The van der Waals surface area contributed by atoms with E-state index in [9.17, 15) is 8.42 Å². The predicted octanol–water partition coefficient (Wildman–Crippen LogP) is 2.37. The van der Waals surface area contributed by atoms with Crippen LogP contribution in [0, 0.1) is 0 Å². The van der Waals surface area contributed by atoms with Gasteiger partial charge in [0.15, 0.2) is 9.84 Å². The third-order valence-corrected chi connectivity index (χ3v) is 3.49. The summed E-state index contributed by atoms with van der Waals surface area (Å²) in [6.45, 7) is 0. The maximum atomic E-state index is 11.3. The van der Waals surface area contributed by atoms with Gasteiger partial charge in [0.05, 0.1) is 4.90 Å². The molecule has 0 saturated carbocycles. The fraction of sp³-hybridized carbons (Fsp3) is 0.100. The van der Waals surface area contributed by atoms with Gasteiger partial charge in [-0.3, -0.25) is 0 Å². The quantitative estimate of drug-likeness (QED) is 0.863. The number of sulfone groups is 1. The summed E-state index contributed by atoms with van der Waals surface area (Å²) in [7, 11) is -3.24. The number of rotatable bonds is 3. The van der Waals surface area contributed by atoms with Gasteiger partial charge in [-0.15, -0.1) is 0 Å². The smallest absolute Gasteiger partial charge is 0.327 e. The van der Waals surface area contributed by atoms with Crippen LogP contribution in [0.25, 0.3) is 0 Å². The summed E-state index contributed by atoms with van der Waals surface area (Å²) < 4.78 is 27.8. The zero-order valence-electron chi connectivity index (χ0n) is 9.54.